The van der Waals surface area contributed by atoms with Crippen LogP contribution in [-0.2, 0) is 0 Å². The fraction of sp³-hybridized carbons (Fsp3) is 0.455. The lowest BCUT2D eigenvalue weighted by Crippen LogP contribution is -2.23. The molecule has 15 heavy (non-hydrogen) atoms. The van der Waals surface area contributed by atoms with Crippen molar-refractivity contribution in [3.8, 4) is 11.5 Å². The van der Waals surface area contributed by atoms with Gasteiger partial charge >= 0.3 is 0 Å². The van der Waals surface area contributed by atoms with Crippen molar-refractivity contribution in [3.63, 3.8) is 0 Å². The Bertz CT molecular complexity index is 326. The zero-order valence-corrected chi connectivity index (χ0v) is 8.97. The topological polar surface area (TPSA) is 75.7 Å². The number of ether oxygens (including phenoxy) is 1. The Hall–Kier alpha value is -1.26. The van der Waals surface area contributed by atoms with Crippen molar-refractivity contribution >= 4 is 0 Å². The molecular formula is C11H17NO3. The van der Waals surface area contributed by atoms with Crippen molar-refractivity contribution in [3.05, 3.63) is 23.8 Å². The first-order chi connectivity index (χ1) is 7.07. The molecule has 0 aromatic heterocycles. The number of aromatic hydroxyl groups is 1. The van der Waals surface area contributed by atoms with Crippen LogP contribution in [-0.4, -0.2) is 22.9 Å². The van der Waals surface area contributed by atoms with Gasteiger partial charge in [0, 0.05) is 5.56 Å². The maximum Gasteiger partial charge on any atom is 0.162 e. The number of aliphatic hydroxyl groups is 1. The van der Waals surface area contributed by atoms with E-state index >= 15 is 0 Å². The van der Waals surface area contributed by atoms with Crippen molar-refractivity contribution in [2.24, 2.45) is 5.73 Å². The molecule has 4 heteroatoms. The van der Waals surface area contributed by atoms with Crippen LogP contribution in [0, 0.1) is 0 Å². The molecule has 0 heterocycles. The molecule has 0 saturated carbocycles. The van der Waals surface area contributed by atoms with E-state index in [1.54, 1.807) is 25.1 Å². The van der Waals surface area contributed by atoms with Crippen molar-refractivity contribution in [2.45, 2.75) is 26.0 Å². The van der Waals surface area contributed by atoms with Gasteiger partial charge in [0.15, 0.2) is 11.5 Å². The molecule has 0 aliphatic carbocycles. The van der Waals surface area contributed by atoms with Crippen LogP contribution in [0.5, 0.6) is 11.5 Å². The fourth-order valence-corrected chi connectivity index (χ4v) is 1.34. The van der Waals surface area contributed by atoms with E-state index in [0.29, 0.717) is 17.9 Å². The summed E-state index contributed by atoms with van der Waals surface area (Å²) in [6, 6.07) is 4.47. The van der Waals surface area contributed by atoms with Gasteiger partial charge in [0.05, 0.1) is 18.8 Å². The Morgan fingerprint density at radius 3 is 2.67 bits per heavy atom. The lowest BCUT2D eigenvalue weighted by molar-refractivity contribution is 0.162. The van der Waals surface area contributed by atoms with Crippen molar-refractivity contribution < 1.29 is 14.9 Å². The summed E-state index contributed by atoms with van der Waals surface area (Å²) in [5.41, 5.74) is 6.23. The molecule has 0 aliphatic heterocycles. The van der Waals surface area contributed by atoms with Gasteiger partial charge in [-0.3, -0.25) is 0 Å². The zero-order chi connectivity index (χ0) is 11.4. The molecule has 0 bridgehead atoms. The van der Waals surface area contributed by atoms with Gasteiger partial charge < -0.3 is 20.7 Å². The van der Waals surface area contributed by atoms with E-state index in [1.165, 1.54) is 0 Å². The molecule has 0 saturated heterocycles. The minimum atomic E-state index is -0.715. The number of aliphatic hydroxyl groups excluding tert-OH is 1. The highest BCUT2D eigenvalue weighted by atomic mass is 16.5. The van der Waals surface area contributed by atoms with Crippen molar-refractivity contribution in [1.82, 2.24) is 0 Å². The van der Waals surface area contributed by atoms with Gasteiger partial charge in [0.1, 0.15) is 0 Å². The average Bonchev–Trinajstić information content (AvgIpc) is 2.20. The first kappa shape index (κ1) is 11.8. The fourth-order valence-electron chi connectivity index (χ4n) is 1.34. The Morgan fingerprint density at radius 1 is 1.47 bits per heavy atom. The van der Waals surface area contributed by atoms with E-state index in [0.717, 1.165) is 0 Å². The second kappa shape index (κ2) is 5.00. The van der Waals surface area contributed by atoms with Crippen LogP contribution in [0.1, 0.15) is 25.5 Å². The van der Waals surface area contributed by atoms with Crippen LogP contribution in [0.4, 0.5) is 0 Å². The predicted molar refractivity (Wildman–Crippen MR) is 57.9 cm³/mol. The van der Waals surface area contributed by atoms with Crippen LogP contribution < -0.4 is 10.5 Å². The summed E-state index contributed by atoms with van der Waals surface area (Å²) in [5, 5.41) is 19.2. The first-order valence-electron chi connectivity index (χ1n) is 4.96. The molecule has 4 N–H and O–H groups in total. The third-order valence-corrected chi connectivity index (χ3v) is 2.21. The normalized spacial score (nSPS) is 14.7. The van der Waals surface area contributed by atoms with Crippen LogP contribution in [0.25, 0.3) is 0 Å². The number of benzene rings is 1. The number of para-hydroxylation sites is 1. The molecule has 0 radical (unpaired) electrons. The molecule has 84 valence electrons. The quantitative estimate of drug-likeness (QED) is 0.698. The lowest BCUT2D eigenvalue weighted by Gasteiger charge is -2.17. The van der Waals surface area contributed by atoms with Crippen molar-refractivity contribution in [1.29, 1.82) is 0 Å². The maximum absolute atomic E-state index is 9.82. The Morgan fingerprint density at radius 2 is 2.13 bits per heavy atom. The van der Waals surface area contributed by atoms with E-state index in [1.807, 2.05) is 6.92 Å². The number of nitrogens with two attached hydrogens (primary N) is 1. The minimum absolute atomic E-state index is 0.00718. The summed E-state index contributed by atoms with van der Waals surface area (Å²) in [7, 11) is 0. The molecule has 0 amide bonds. The molecule has 1 rings (SSSR count). The standard InChI is InChI=1S/C11H17NO3/c1-3-15-9-6-4-5-8(11(9)14)10(12)7(2)13/h4-7,10,13-14H,3,12H2,1-2H3/t7-,10-/m0/s1. The lowest BCUT2D eigenvalue weighted by atomic mass is 10.0. The van der Waals surface area contributed by atoms with E-state index in [9.17, 15) is 10.2 Å². The summed E-state index contributed by atoms with van der Waals surface area (Å²) in [6.07, 6.45) is -0.715. The molecular weight excluding hydrogens is 194 g/mol. The van der Waals surface area contributed by atoms with Crippen LogP contribution in [0.15, 0.2) is 18.2 Å². The highest BCUT2D eigenvalue weighted by molar-refractivity contribution is 5.47. The van der Waals surface area contributed by atoms with E-state index in [-0.39, 0.29) is 5.75 Å². The monoisotopic (exact) mass is 211 g/mol. The zero-order valence-electron chi connectivity index (χ0n) is 8.97. The Kier molecular flexibility index (Phi) is 3.94. The van der Waals surface area contributed by atoms with Crippen LogP contribution in [0.2, 0.25) is 0 Å². The molecule has 1 aromatic rings. The second-order valence-corrected chi connectivity index (χ2v) is 3.39. The highest BCUT2D eigenvalue weighted by Crippen LogP contribution is 2.33. The summed E-state index contributed by atoms with van der Waals surface area (Å²) in [4.78, 5) is 0. The molecule has 0 aliphatic rings. The van der Waals surface area contributed by atoms with E-state index in [4.69, 9.17) is 10.5 Å². The average molecular weight is 211 g/mol. The molecule has 1 aromatic carbocycles. The number of phenolic OH excluding ortho intramolecular Hbond substituents is 1. The van der Waals surface area contributed by atoms with Crippen LogP contribution >= 0.6 is 0 Å². The predicted octanol–water partition coefficient (Wildman–Crippen LogP) is 1.17. The summed E-state index contributed by atoms with van der Waals surface area (Å²) in [6.45, 7) is 3.89. The summed E-state index contributed by atoms with van der Waals surface area (Å²) in [5.74, 6) is 0.402. The summed E-state index contributed by atoms with van der Waals surface area (Å²) >= 11 is 0. The molecule has 2 atom stereocenters. The third-order valence-electron chi connectivity index (χ3n) is 2.21. The van der Waals surface area contributed by atoms with Gasteiger partial charge in [0.25, 0.3) is 0 Å². The third kappa shape index (κ3) is 2.61. The highest BCUT2D eigenvalue weighted by Gasteiger charge is 2.18. The largest absolute Gasteiger partial charge is 0.504 e. The number of phenols is 1. The van der Waals surface area contributed by atoms with Gasteiger partial charge in [-0.1, -0.05) is 12.1 Å². The summed E-state index contributed by atoms with van der Waals surface area (Å²) < 4.78 is 5.22. The first-order valence-corrected chi connectivity index (χ1v) is 4.96. The molecule has 0 fully saturated rings. The Balaban J connectivity index is 3.03. The van der Waals surface area contributed by atoms with Crippen LogP contribution in [0.3, 0.4) is 0 Å². The molecule has 4 nitrogen and oxygen atoms in total. The Labute approximate surface area is 89.3 Å². The smallest absolute Gasteiger partial charge is 0.162 e. The van der Waals surface area contributed by atoms with Gasteiger partial charge in [-0.05, 0) is 19.9 Å². The number of hydrogen-bond donors (Lipinski definition) is 3. The van der Waals surface area contributed by atoms with Gasteiger partial charge in [-0.25, -0.2) is 0 Å². The van der Waals surface area contributed by atoms with Crippen molar-refractivity contribution in [2.75, 3.05) is 6.61 Å². The maximum atomic E-state index is 9.82. The second-order valence-electron chi connectivity index (χ2n) is 3.39. The number of rotatable bonds is 4. The SMILES string of the molecule is CCOc1cccc([C@@H](N)[C@H](C)O)c1O. The van der Waals surface area contributed by atoms with Gasteiger partial charge in [0.2, 0.25) is 0 Å². The number of hydrogen-bond acceptors (Lipinski definition) is 4. The minimum Gasteiger partial charge on any atom is -0.504 e. The van der Waals surface area contributed by atoms with E-state index in [2.05, 4.69) is 0 Å². The van der Waals surface area contributed by atoms with Gasteiger partial charge in [-0.15, -0.1) is 0 Å². The van der Waals surface area contributed by atoms with Gasteiger partial charge in [-0.2, -0.15) is 0 Å². The molecule has 0 unspecified atom stereocenters. The van der Waals surface area contributed by atoms with E-state index < -0.39 is 12.1 Å². The molecule has 0 spiro atoms.